The van der Waals surface area contributed by atoms with Crippen molar-refractivity contribution in [1.82, 2.24) is 32.6 Å². The van der Waals surface area contributed by atoms with Gasteiger partial charge in [0.15, 0.2) is 18.9 Å². The Bertz CT molecular complexity index is 4090. The zero-order chi connectivity index (χ0) is 96.3. The maximum Gasteiger partial charge on any atom is 0.328 e. The van der Waals surface area contributed by atoms with Crippen molar-refractivity contribution >= 4 is 104 Å². The molecule has 0 aliphatic heterocycles. The summed E-state index contributed by atoms with van der Waals surface area (Å²) in [4.78, 5) is 97.5. The van der Waals surface area contributed by atoms with Crippen molar-refractivity contribution in [1.29, 1.82) is 0 Å². The number of aliphatic hydroxyl groups excluding tert-OH is 1. The first-order chi connectivity index (χ1) is 63.6. The fourth-order valence-electron chi connectivity index (χ4n) is 13.4. The molecule has 4 aliphatic carbocycles. The highest BCUT2D eigenvalue weighted by Gasteiger charge is 2.34. The predicted molar refractivity (Wildman–Crippen MR) is 520 cm³/mol. The number of carboxylic acids is 1. The first-order valence-corrected chi connectivity index (χ1v) is 48.5. The summed E-state index contributed by atoms with van der Waals surface area (Å²) in [6, 6.07) is 34.8. The van der Waals surface area contributed by atoms with Crippen molar-refractivity contribution in [2.45, 2.75) is 247 Å². The lowest BCUT2D eigenvalue weighted by molar-refractivity contribution is -0.180. The van der Waals surface area contributed by atoms with Crippen molar-refractivity contribution in [3.8, 4) is 28.7 Å². The number of aromatic hydroxyl groups is 2. The van der Waals surface area contributed by atoms with E-state index in [-0.39, 0.29) is 65.5 Å². The van der Waals surface area contributed by atoms with E-state index in [1.165, 1.54) is 81.0 Å². The first kappa shape index (κ1) is 115. The molecule has 0 aromatic heterocycles. The molecule has 4 aliphatic rings. The molecule has 9 rings (SSSR count). The van der Waals surface area contributed by atoms with Gasteiger partial charge in [-0.2, -0.15) is 0 Å². The number of phenols is 2. The second-order valence-corrected chi connectivity index (χ2v) is 35.0. The molecule has 31 heteroatoms. The van der Waals surface area contributed by atoms with E-state index < -0.39 is 30.7 Å². The highest BCUT2D eigenvalue weighted by molar-refractivity contribution is 9.09. The Balaban J connectivity index is 0.000000355. The number of carbonyl (C=O) groups excluding carboxylic acids is 6. The van der Waals surface area contributed by atoms with Gasteiger partial charge in [-0.05, 0) is 285 Å². The molecule has 4 amide bonds. The van der Waals surface area contributed by atoms with Crippen LogP contribution in [0.1, 0.15) is 231 Å². The van der Waals surface area contributed by atoms with Gasteiger partial charge in [0.2, 0.25) is 0 Å². The van der Waals surface area contributed by atoms with E-state index in [1.807, 2.05) is 114 Å². The van der Waals surface area contributed by atoms with Crippen LogP contribution in [0.2, 0.25) is 0 Å². The number of rotatable bonds is 49. The molecule has 11 N–H and O–H groups in total. The fourth-order valence-corrected chi connectivity index (χ4v) is 13.8. The van der Waals surface area contributed by atoms with E-state index in [2.05, 4.69) is 58.9 Å². The number of aliphatic carboxylic acids is 1. The molecular formula is C101H146Br2N6O23. The largest absolute Gasteiger partial charge is 0.508 e. The van der Waals surface area contributed by atoms with Gasteiger partial charge < -0.3 is 69.0 Å². The minimum atomic E-state index is -0.983. The maximum absolute atomic E-state index is 13.0. The molecule has 0 heterocycles. The smallest absolute Gasteiger partial charge is 0.328 e. The van der Waals surface area contributed by atoms with Gasteiger partial charge in [-0.3, -0.25) is 34.0 Å². The molecule has 5 aromatic rings. The number of nitrogens with one attached hydrogen (secondary N) is 6. The summed E-state index contributed by atoms with van der Waals surface area (Å²) in [6.45, 7) is 22.6. The van der Waals surface area contributed by atoms with Gasteiger partial charge >= 0.3 is 17.9 Å². The molecule has 5 aromatic carbocycles. The molecule has 4 fully saturated rings. The van der Waals surface area contributed by atoms with E-state index >= 15 is 0 Å². The van der Waals surface area contributed by atoms with E-state index in [0.29, 0.717) is 88.9 Å². The van der Waals surface area contributed by atoms with Crippen LogP contribution in [-0.2, 0) is 71.8 Å². The highest BCUT2D eigenvalue weighted by Crippen LogP contribution is 2.32. The van der Waals surface area contributed by atoms with E-state index in [1.54, 1.807) is 87.0 Å². The van der Waals surface area contributed by atoms with Crippen molar-refractivity contribution < 1.29 is 112 Å². The van der Waals surface area contributed by atoms with Crippen LogP contribution in [-0.4, -0.2) is 180 Å². The number of alkyl halides is 2. The lowest BCUT2D eigenvalue weighted by Crippen LogP contribution is -2.46. The molecule has 29 nitrogen and oxygen atoms in total. The van der Waals surface area contributed by atoms with Crippen molar-refractivity contribution in [2.75, 3.05) is 70.0 Å². The number of amides is 4. The topological polar surface area (TPSA) is 394 Å². The van der Waals surface area contributed by atoms with Crippen LogP contribution in [0.3, 0.4) is 0 Å². The third-order valence-electron chi connectivity index (χ3n) is 20.3. The first-order valence-electron chi connectivity index (χ1n) is 46.3. The van der Waals surface area contributed by atoms with Crippen LogP contribution >= 0.6 is 31.9 Å². The number of esters is 2. The average Bonchev–Trinajstić information content (AvgIpc) is 1.13. The number of carbonyl (C=O) groups is 7. The Morgan fingerprint density at radius 3 is 0.932 bits per heavy atom. The van der Waals surface area contributed by atoms with Crippen molar-refractivity contribution in [3.63, 3.8) is 0 Å². The summed E-state index contributed by atoms with van der Waals surface area (Å²) in [7, 11) is 0. The van der Waals surface area contributed by atoms with E-state index in [9.17, 15) is 33.6 Å². The van der Waals surface area contributed by atoms with E-state index in [0.717, 1.165) is 165 Å². The monoisotopic (exact) mass is 1970 g/mol. The number of ether oxygens (including phenoxy) is 8. The highest BCUT2D eigenvalue weighted by atomic mass is 79.9. The Labute approximate surface area is 797 Å². The molecule has 0 saturated heterocycles. The number of benzene rings is 5. The number of phenolic OH excluding ortho intramolecular Hbond substituents is 2. The number of carboxylic acid groups (broad SMARTS) is 1. The van der Waals surface area contributed by atoms with Crippen molar-refractivity contribution in [3.05, 3.63) is 180 Å². The quantitative estimate of drug-likeness (QED) is 0.00328. The van der Waals surface area contributed by atoms with Crippen LogP contribution in [0, 0.1) is 29.6 Å². The molecule has 5 atom stereocenters. The van der Waals surface area contributed by atoms with Gasteiger partial charge in [-0.15, -0.1) is 0 Å². The van der Waals surface area contributed by atoms with Crippen LogP contribution in [0.25, 0.3) is 30.4 Å². The predicted octanol–water partition coefficient (Wildman–Crippen LogP) is 18.2. The summed E-state index contributed by atoms with van der Waals surface area (Å²) in [5.74, 6) is 1.87. The number of hydrogen-bond acceptors (Lipinski definition) is 24. The van der Waals surface area contributed by atoms with Gasteiger partial charge in [0.05, 0.1) is 39.6 Å². The van der Waals surface area contributed by atoms with Crippen LogP contribution in [0.5, 0.6) is 28.7 Å². The zero-order valence-electron chi connectivity index (χ0n) is 78.4. The second kappa shape index (κ2) is 71.2. The third kappa shape index (κ3) is 56.6. The van der Waals surface area contributed by atoms with Crippen LogP contribution < -0.4 is 46.8 Å². The Morgan fingerprint density at radius 1 is 0.379 bits per heavy atom. The standard InChI is InChI=1S/C31H48N2O6.C25H36N2O5.C18H26BrNO4.C15H21NO4.C9H8O3.C3H7BrO/c1-23(2)22-37-24(3)39-33-29(34)19-16-25-14-17-27(18-15-25)36-21-9-20-32-30(26-10-5-4-6-11-26)31(35)38-28-12-7-8-13-28;28-23(27-30)16-13-19-11-14-21(15-12-19)31-18-6-17-26-24(20-7-2-1-3-8-20)25(29)32-22-9-4-5-10-22;1-14(2)13-23-15(3)24-20-18(21)10-7-16-5-8-17(9-6-16)22-12-4-11-19;1-11(2)10-19-12(3)20-16-15(18)9-6-13-4-7-14(17)8-5-13;10-8-4-1-7(2-5-8)3-6-9(11)12;4-2-1-3-5/h14-19,23-24,26,28,30,32H,4-13,20-22H2,1-3H3,(H,33,34);11-16,20,22,24,26,30H,1-10,17-18H2,(H,27,28);5-10,14-15H,4,11-13H2,1-3H3,(H,20,21);4-9,11-12,17H,10H2,1-3H3,(H,16,18);1-6,10H,(H,11,12);5H,1-3H2/b19-16+;16-13+;10-7+;9-6+;6-3+;/t24?,30-;24-;;;;/m00..../s1. The third-order valence-corrected chi connectivity index (χ3v) is 21.4. The van der Waals surface area contributed by atoms with Gasteiger partial charge in [0.1, 0.15) is 53.0 Å². The molecule has 0 radical (unpaired) electrons. The summed E-state index contributed by atoms with van der Waals surface area (Å²) in [5, 5.41) is 51.6. The molecule has 3 unspecified atom stereocenters. The average molecular weight is 1970 g/mol. The minimum Gasteiger partial charge on any atom is -0.508 e. The molecule has 132 heavy (non-hydrogen) atoms. The van der Waals surface area contributed by atoms with E-state index in [4.69, 9.17) is 78.0 Å². The summed E-state index contributed by atoms with van der Waals surface area (Å²) in [6.07, 6.45) is 37.0. The maximum atomic E-state index is 13.0. The normalized spacial score (nSPS) is 15.4. The van der Waals surface area contributed by atoms with Gasteiger partial charge in [-0.1, -0.05) is 173 Å². The molecule has 4 saturated carbocycles. The molecular weight excluding hydrogens is 1820 g/mol. The number of hydroxylamine groups is 4. The van der Waals surface area contributed by atoms with Gasteiger partial charge in [0, 0.05) is 47.6 Å². The zero-order valence-corrected chi connectivity index (χ0v) is 81.6. The summed E-state index contributed by atoms with van der Waals surface area (Å²) >= 11 is 6.51. The number of hydrogen-bond donors (Lipinski definition) is 11. The lowest BCUT2D eigenvalue weighted by Gasteiger charge is -2.30. The van der Waals surface area contributed by atoms with Gasteiger partial charge in [-0.25, -0.2) is 41.2 Å². The lowest BCUT2D eigenvalue weighted by atomic mass is 9.84. The number of aliphatic hydroxyl groups is 1. The fraction of sp³-hybridized carbons (Fsp3) is 0.535. The SMILES string of the molecule is CC(C)COC(C)ONC(=O)/C=C/c1ccc(O)cc1.CC(C)COC(C)ONC(=O)/C=C/c1ccc(OCCCBr)cc1.CC(C)COC(C)ONC(=O)/C=C/c1ccc(OCCCN[C@H](C(=O)OC2CCCC2)C2CCCCC2)cc1.O=C(/C=C/c1ccc(OCCCN[C@H](C(=O)OC2CCCC2)C2CCCCC2)cc1)NO.O=C(O)/C=C/c1ccc(O)cc1.OCCCBr. The molecule has 732 valence electrons. The van der Waals surface area contributed by atoms with Crippen molar-refractivity contribution in [2.24, 2.45) is 29.6 Å². The minimum absolute atomic E-state index is 0.0624. The Morgan fingerprint density at radius 2 is 0.659 bits per heavy atom. The second-order valence-electron chi connectivity index (χ2n) is 33.4. The summed E-state index contributed by atoms with van der Waals surface area (Å²) in [5.41, 5.74) is 12.7. The number of halogens is 2. The molecule has 0 bridgehead atoms. The van der Waals surface area contributed by atoms with Gasteiger partial charge in [0.25, 0.3) is 23.6 Å². The van der Waals surface area contributed by atoms with Crippen LogP contribution in [0.4, 0.5) is 0 Å². The Kier molecular flexibility index (Phi) is 62.1. The van der Waals surface area contributed by atoms with Crippen LogP contribution in [0.15, 0.2) is 152 Å². The summed E-state index contributed by atoms with van der Waals surface area (Å²) < 4.78 is 45.1. The molecule has 0 spiro atoms. The Hall–Kier alpha value is -9.35.